The van der Waals surface area contributed by atoms with Gasteiger partial charge in [0, 0.05) is 18.6 Å². The minimum atomic E-state index is -0.488. The van der Waals surface area contributed by atoms with Crippen molar-refractivity contribution in [2.24, 2.45) is 5.73 Å². The van der Waals surface area contributed by atoms with Crippen molar-refractivity contribution in [3.05, 3.63) is 17.5 Å². The van der Waals surface area contributed by atoms with Gasteiger partial charge in [-0.1, -0.05) is 11.6 Å². The van der Waals surface area contributed by atoms with Gasteiger partial charge in [-0.25, -0.2) is 9.48 Å². The monoisotopic (exact) mass is 336 g/mol. The van der Waals surface area contributed by atoms with Gasteiger partial charge in [0.05, 0.1) is 6.54 Å². The van der Waals surface area contributed by atoms with Crippen molar-refractivity contribution in [2.75, 3.05) is 6.54 Å². The summed E-state index contributed by atoms with van der Waals surface area (Å²) in [6.45, 7) is 11.4. The van der Waals surface area contributed by atoms with Crippen LogP contribution in [0.25, 0.3) is 0 Å². The molecule has 134 valence electrons. The molecule has 0 saturated carbocycles. The average molecular weight is 336 g/mol. The largest absolute Gasteiger partial charge is 0.444 e. The van der Waals surface area contributed by atoms with Crippen LogP contribution in [0.15, 0.2) is 11.6 Å². The van der Waals surface area contributed by atoms with Crippen LogP contribution in [-0.2, 0) is 17.8 Å². The molecule has 1 aromatic heterocycles. The summed E-state index contributed by atoms with van der Waals surface area (Å²) in [6, 6.07) is 0. The number of likely N-dealkylation sites (tertiary alicyclic amines) is 1. The molecule has 0 bridgehead atoms. The Balaban J connectivity index is 1.97. The van der Waals surface area contributed by atoms with Gasteiger partial charge in [-0.2, -0.15) is 0 Å². The SMILES string of the molecule is CC(C)(C)OC(=O)N1C/C(=C/CCn2nnnc2CN)CC1(C)C. The Kier molecular flexibility index (Phi) is 5.27. The summed E-state index contributed by atoms with van der Waals surface area (Å²) in [5, 5.41) is 11.4. The normalized spacial score (nSPS) is 19.1. The summed E-state index contributed by atoms with van der Waals surface area (Å²) in [6.07, 6.45) is 3.53. The number of nitrogens with two attached hydrogens (primary N) is 1. The highest BCUT2D eigenvalue weighted by Crippen LogP contribution is 2.33. The molecule has 0 radical (unpaired) electrons. The zero-order valence-electron chi connectivity index (χ0n) is 15.2. The number of tetrazole rings is 1. The van der Waals surface area contributed by atoms with Gasteiger partial charge in [-0.05, 0) is 57.9 Å². The van der Waals surface area contributed by atoms with Crippen molar-refractivity contribution in [2.45, 2.75) is 71.7 Å². The highest BCUT2D eigenvalue weighted by atomic mass is 16.6. The molecule has 1 aliphatic heterocycles. The standard InChI is InChI=1S/C16H28N6O2/c1-15(2,3)24-14(23)21-11-12(9-16(21,4)5)7-6-8-22-13(10-17)18-19-20-22/h7H,6,8-11,17H2,1-5H3/b12-7+. The van der Waals surface area contributed by atoms with Crippen molar-refractivity contribution in [3.63, 3.8) is 0 Å². The molecule has 2 N–H and O–H groups in total. The smallest absolute Gasteiger partial charge is 0.411 e. The number of carbonyl (C=O) groups is 1. The molecule has 0 atom stereocenters. The maximum Gasteiger partial charge on any atom is 0.411 e. The van der Waals surface area contributed by atoms with Crippen LogP contribution in [0, 0.1) is 0 Å². The van der Waals surface area contributed by atoms with Crippen molar-refractivity contribution in [3.8, 4) is 0 Å². The van der Waals surface area contributed by atoms with E-state index in [9.17, 15) is 4.79 Å². The van der Waals surface area contributed by atoms with Gasteiger partial charge in [0.1, 0.15) is 5.60 Å². The first kappa shape index (κ1) is 18.4. The molecule has 0 spiro atoms. The fourth-order valence-electron chi connectivity index (χ4n) is 2.82. The first-order valence-corrected chi connectivity index (χ1v) is 8.26. The molecule has 2 rings (SSSR count). The summed E-state index contributed by atoms with van der Waals surface area (Å²) < 4.78 is 7.23. The maximum atomic E-state index is 12.4. The van der Waals surface area contributed by atoms with Gasteiger partial charge in [0.25, 0.3) is 0 Å². The van der Waals surface area contributed by atoms with Gasteiger partial charge in [0.15, 0.2) is 5.82 Å². The molecular formula is C16H28N6O2. The molecule has 1 aliphatic rings. The second-order valence-corrected chi connectivity index (χ2v) is 7.73. The Hall–Kier alpha value is -1.96. The van der Waals surface area contributed by atoms with Gasteiger partial charge >= 0.3 is 6.09 Å². The molecule has 0 unspecified atom stereocenters. The van der Waals surface area contributed by atoms with E-state index in [4.69, 9.17) is 10.5 Å². The van der Waals surface area contributed by atoms with Crippen molar-refractivity contribution >= 4 is 6.09 Å². The summed E-state index contributed by atoms with van der Waals surface area (Å²) in [7, 11) is 0. The van der Waals surface area contributed by atoms with Crippen LogP contribution in [-0.4, -0.2) is 48.9 Å². The van der Waals surface area contributed by atoms with Gasteiger partial charge < -0.3 is 10.5 Å². The van der Waals surface area contributed by atoms with E-state index in [0.717, 1.165) is 12.8 Å². The third-order valence-corrected chi connectivity index (χ3v) is 3.93. The number of hydrogen-bond donors (Lipinski definition) is 1. The van der Waals surface area contributed by atoms with Crippen LogP contribution in [0.5, 0.6) is 0 Å². The number of aryl methyl sites for hydroxylation is 1. The van der Waals surface area contributed by atoms with E-state index in [-0.39, 0.29) is 11.6 Å². The zero-order valence-corrected chi connectivity index (χ0v) is 15.2. The van der Waals surface area contributed by atoms with E-state index in [1.165, 1.54) is 5.57 Å². The lowest BCUT2D eigenvalue weighted by atomic mass is 9.99. The van der Waals surface area contributed by atoms with Crippen molar-refractivity contribution in [1.29, 1.82) is 0 Å². The number of carbonyl (C=O) groups excluding carboxylic acids is 1. The molecule has 1 aromatic rings. The Morgan fingerprint density at radius 1 is 1.42 bits per heavy atom. The maximum absolute atomic E-state index is 12.4. The summed E-state index contributed by atoms with van der Waals surface area (Å²) >= 11 is 0. The molecule has 0 aliphatic carbocycles. The molecule has 1 fully saturated rings. The van der Waals surface area contributed by atoms with E-state index in [2.05, 4.69) is 35.4 Å². The number of hydrogen-bond acceptors (Lipinski definition) is 6. The number of aromatic nitrogens is 4. The Morgan fingerprint density at radius 3 is 2.75 bits per heavy atom. The molecule has 1 amide bonds. The highest BCUT2D eigenvalue weighted by Gasteiger charge is 2.40. The predicted molar refractivity (Wildman–Crippen MR) is 90.0 cm³/mol. The van der Waals surface area contributed by atoms with E-state index in [0.29, 0.717) is 25.5 Å². The number of nitrogens with zero attached hydrogens (tertiary/aromatic N) is 5. The van der Waals surface area contributed by atoms with Gasteiger partial charge in [-0.3, -0.25) is 4.90 Å². The average Bonchev–Trinajstić information content (AvgIpc) is 3.00. The number of rotatable bonds is 4. The lowest BCUT2D eigenvalue weighted by Gasteiger charge is -2.33. The Morgan fingerprint density at radius 2 is 2.12 bits per heavy atom. The van der Waals surface area contributed by atoms with Crippen LogP contribution in [0.2, 0.25) is 0 Å². The lowest BCUT2D eigenvalue weighted by molar-refractivity contribution is 0.0136. The van der Waals surface area contributed by atoms with Crippen molar-refractivity contribution in [1.82, 2.24) is 25.1 Å². The fraction of sp³-hybridized carbons (Fsp3) is 0.750. The third kappa shape index (κ3) is 4.53. The van der Waals surface area contributed by atoms with Crippen LogP contribution < -0.4 is 5.73 Å². The van der Waals surface area contributed by atoms with Crippen LogP contribution in [0.4, 0.5) is 4.79 Å². The number of ether oxygens (including phenoxy) is 1. The van der Waals surface area contributed by atoms with E-state index < -0.39 is 5.60 Å². The van der Waals surface area contributed by atoms with Gasteiger partial charge in [0.2, 0.25) is 0 Å². The second kappa shape index (κ2) is 6.88. The first-order valence-electron chi connectivity index (χ1n) is 8.26. The summed E-state index contributed by atoms with van der Waals surface area (Å²) in [5.41, 5.74) is 6.09. The van der Waals surface area contributed by atoms with Crippen molar-refractivity contribution < 1.29 is 9.53 Å². The molecular weight excluding hydrogens is 308 g/mol. The zero-order chi connectivity index (χ0) is 18.0. The predicted octanol–water partition coefficient (Wildman–Crippen LogP) is 1.87. The Bertz CT molecular complexity index is 614. The molecule has 8 nitrogen and oxygen atoms in total. The number of amides is 1. The molecule has 2 heterocycles. The summed E-state index contributed by atoms with van der Waals surface area (Å²) in [4.78, 5) is 14.2. The quantitative estimate of drug-likeness (QED) is 0.843. The minimum absolute atomic E-state index is 0.245. The minimum Gasteiger partial charge on any atom is -0.444 e. The third-order valence-electron chi connectivity index (χ3n) is 3.93. The molecule has 8 heteroatoms. The Labute approximate surface area is 143 Å². The van der Waals surface area contributed by atoms with E-state index in [1.807, 2.05) is 20.8 Å². The first-order chi connectivity index (χ1) is 11.1. The number of allylic oxidation sites excluding steroid dienone is 1. The summed E-state index contributed by atoms with van der Waals surface area (Å²) in [5.74, 6) is 0.676. The van der Waals surface area contributed by atoms with Crippen LogP contribution in [0.3, 0.4) is 0 Å². The topological polar surface area (TPSA) is 99.2 Å². The van der Waals surface area contributed by atoms with E-state index >= 15 is 0 Å². The lowest BCUT2D eigenvalue weighted by Crippen LogP contribution is -2.45. The molecule has 1 saturated heterocycles. The highest BCUT2D eigenvalue weighted by molar-refractivity contribution is 5.70. The second-order valence-electron chi connectivity index (χ2n) is 7.73. The fourth-order valence-corrected chi connectivity index (χ4v) is 2.82. The molecule has 24 heavy (non-hydrogen) atoms. The van der Waals surface area contributed by atoms with E-state index in [1.54, 1.807) is 9.58 Å². The molecule has 0 aromatic carbocycles. The van der Waals surface area contributed by atoms with Gasteiger partial charge in [-0.15, -0.1) is 5.10 Å². The van der Waals surface area contributed by atoms with Crippen LogP contribution >= 0.6 is 0 Å². The van der Waals surface area contributed by atoms with Crippen LogP contribution in [0.1, 0.15) is 53.3 Å².